The summed E-state index contributed by atoms with van der Waals surface area (Å²) in [6, 6.07) is 4.64. The lowest BCUT2D eigenvalue weighted by Crippen LogP contribution is -1.95. The largest absolute Gasteiger partial charge is 0.495 e. The van der Waals surface area contributed by atoms with Gasteiger partial charge in [-0.05, 0) is 29.8 Å². The molecule has 12 heavy (non-hydrogen) atoms. The number of benzene rings is 1. The van der Waals surface area contributed by atoms with Crippen LogP contribution in [0.25, 0.3) is 0 Å². The Morgan fingerprint density at radius 1 is 1.58 bits per heavy atom. The van der Waals surface area contributed by atoms with Gasteiger partial charge in [0.2, 0.25) is 0 Å². The van der Waals surface area contributed by atoms with E-state index in [1.54, 1.807) is 12.1 Å². The Morgan fingerprint density at radius 2 is 2.25 bits per heavy atom. The number of methoxy groups -OCH3 is 1. The van der Waals surface area contributed by atoms with Crippen molar-refractivity contribution >= 4 is 22.5 Å². The Morgan fingerprint density at radius 3 is 2.67 bits per heavy atom. The van der Waals surface area contributed by atoms with Gasteiger partial charge >= 0.3 is 0 Å². The summed E-state index contributed by atoms with van der Waals surface area (Å²) in [5, 5.41) is -0.524. The zero-order valence-corrected chi connectivity index (χ0v) is 7.26. The van der Waals surface area contributed by atoms with Gasteiger partial charge in [-0.25, -0.2) is 0 Å². The Kier molecular flexibility index (Phi) is 2.55. The third-order valence-electron chi connectivity index (χ3n) is 1.46. The van der Waals surface area contributed by atoms with E-state index in [1.165, 1.54) is 13.2 Å². The zero-order chi connectivity index (χ0) is 9.14. The summed E-state index contributed by atoms with van der Waals surface area (Å²) >= 11 is 5.24. The first-order valence-corrected chi connectivity index (χ1v) is 3.66. The number of halogens is 1. The molecule has 0 atom stereocenters. The fourth-order valence-corrected chi connectivity index (χ4v) is 0.974. The standard InChI is InChI=1S/C8H8ClNO2/c1-12-7-3-2-5(8(9)11)4-6(7)10/h2-4H,10H2,1H3. The summed E-state index contributed by atoms with van der Waals surface area (Å²) in [4.78, 5) is 10.7. The van der Waals surface area contributed by atoms with Gasteiger partial charge in [-0.2, -0.15) is 0 Å². The lowest BCUT2D eigenvalue weighted by Gasteiger charge is -2.03. The first kappa shape index (κ1) is 8.87. The van der Waals surface area contributed by atoms with Crippen molar-refractivity contribution in [1.82, 2.24) is 0 Å². The van der Waals surface area contributed by atoms with Gasteiger partial charge < -0.3 is 10.5 Å². The van der Waals surface area contributed by atoms with E-state index < -0.39 is 5.24 Å². The Balaban J connectivity index is 3.10. The summed E-state index contributed by atoms with van der Waals surface area (Å²) < 4.78 is 4.90. The number of ether oxygens (including phenoxy) is 1. The molecule has 0 bridgehead atoms. The maximum Gasteiger partial charge on any atom is 0.252 e. The van der Waals surface area contributed by atoms with Crippen LogP contribution in [0.2, 0.25) is 0 Å². The summed E-state index contributed by atoms with van der Waals surface area (Å²) in [7, 11) is 1.51. The van der Waals surface area contributed by atoms with E-state index in [1.807, 2.05) is 0 Å². The number of carbonyl (C=O) groups excluding carboxylic acids is 1. The molecule has 4 heteroatoms. The van der Waals surface area contributed by atoms with E-state index in [0.717, 1.165) is 0 Å². The maximum atomic E-state index is 10.7. The number of nitrogens with two attached hydrogens (primary N) is 1. The van der Waals surface area contributed by atoms with Crippen molar-refractivity contribution in [3.8, 4) is 5.75 Å². The van der Waals surface area contributed by atoms with Crippen LogP contribution in [0.4, 0.5) is 5.69 Å². The minimum absolute atomic E-state index is 0.370. The highest BCUT2D eigenvalue weighted by Gasteiger charge is 2.04. The first-order chi connectivity index (χ1) is 5.65. The Labute approximate surface area is 75.1 Å². The second-order valence-electron chi connectivity index (χ2n) is 2.23. The Hall–Kier alpha value is -1.22. The van der Waals surface area contributed by atoms with Crippen LogP contribution in [0.3, 0.4) is 0 Å². The second kappa shape index (κ2) is 3.45. The van der Waals surface area contributed by atoms with E-state index in [4.69, 9.17) is 22.1 Å². The molecule has 0 aliphatic heterocycles. The predicted octanol–water partition coefficient (Wildman–Crippen LogP) is 1.66. The minimum Gasteiger partial charge on any atom is -0.495 e. The monoisotopic (exact) mass is 185 g/mol. The minimum atomic E-state index is -0.524. The third kappa shape index (κ3) is 1.68. The normalized spacial score (nSPS) is 9.50. The molecule has 0 spiro atoms. The van der Waals surface area contributed by atoms with Crippen molar-refractivity contribution in [2.24, 2.45) is 0 Å². The Bertz CT molecular complexity index is 312. The van der Waals surface area contributed by atoms with Crippen LogP contribution < -0.4 is 10.5 Å². The molecule has 0 aliphatic rings. The number of anilines is 1. The third-order valence-corrected chi connectivity index (χ3v) is 1.67. The van der Waals surface area contributed by atoms with Gasteiger partial charge in [-0.3, -0.25) is 4.79 Å². The summed E-state index contributed by atoms with van der Waals surface area (Å²) in [5.41, 5.74) is 6.31. The molecular formula is C8H8ClNO2. The number of carbonyl (C=O) groups is 1. The fraction of sp³-hybridized carbons (Fsp3) is 0.125. The average molecular weight is 186 g/mol. The molecule has 3 nitrogen and oxygen atoms in total. The van der Waals surface area contributed by atoms with Gasteiger partial charge in [-0.15, -0.1) is 0 Å². The van der Waals surface area contributed by atoms with E-state index in [9.17, 15) is 4.79 Å². The molecule has 1 aromatic rings. The number of hydrogen-bond donors (Lipinski definition) is 1. The molecule has 2 N–H and O–H groups in total. The highest BCUT2D eigenvalue weighted by molar-refractivity contribution is 6.67. The predicted molar refractivity (Wildman–Crippen MR) is 47.6 cm³/mol. The number of nitrogen functional groups attached to an aromatic ring is 1. The van der Waals surface area contributed by atoms with Crippen molar-refractivity contribution < 1.29 is 9.53 Å². The molecule has 0 aliphatic carbocycles. The SMILES string of the molecule is COc1ccc(C(=O)Cl)cc1N. The van der Waals surface area contributed by atoms with Crippen LogP contribution in [0.15, 0.2) is 18.2 Å². The highest BCUT2D eigenvalue weighted by atomic mass is 35.5. The van der Waals surface area contributed by atoms with Gasteiger partial charge in [0.25, 0.3) is 5.24 Å². The van der Waals surface area contributed by atoms with E-state index in [2.05, 4.69) is 0 Å². The van der Waals surface area contributed by atoms with E-state index in [-0.39, 0.29) is 0 Å². The van der Waals surface area contributed by atoms with Crippen LogP contribution >= 0.6 is 11.6 Å². The molecule has 64 valence electrons. The molecule has 0 saturated carbocycles. The second-order valence-corrected chi connectivity index (χ2v) is 2.57. The molecule has 1 rings (SSSR count). The lowest BCUT2D eigenvalue weighted by molar-refractivity contribution is 0.108. The van der Waals surface area contributed by atoms with Gasteiger partial charge in [0.15, 0.2) is 0 Å². The van der Waals surface area contributed by atoms with Gasteiger partial charge in [0.1, 0.15) is 5.75 Å². The van der Waals surface area contributed by atoms with Gasteiger partial charge in [-0.1, -0.05) is 0 Å². The van der Waals surface area contributed by atoms with Crippen molar-refractivity contribution in [3.05, 3.63) is 23.8 Å². The molecule has 0 aromatic heterocycles. The lowest BCUT2D eigenvalue weighted by atomic mass is 10.2. The highest BCUT2D eigenvalue weighted by Crippen LogP contribution is 2.22. The molecule has 0 radical (unpaired) electrons. The summed E-state index contributed by atoms with van der Waals surface area (Å²) in [6.07, 6.45) is 0. The maximum absolute atomic E-state index is 10.7. The van der Waals surface area contributed by atoms with Crippen LogP contribution in [0.5, 0.6) is 5.75 Å². The van der Waals surface area contributed by atoms with Crippen molar-refractivity contribution in [3.63, 3.8) is 0 Å². The molecule has 0 saturated heterocycles. The van der Waals surface area contributed by atoms with Crippen LogP contribution in [-0.4, -0.2) is 12.4 Å². The quantitative estimate of drug-likeness (QED) is 0.563. The van der Waals surface area contributed by atoms with Crippen molar-refractivity contribution in [2.75, 3.05) is 12.8 Å². The topological polar surface area (TPSA) is 52.3 Å². The smallest absolute Gasteiger partial charge is 0.252 e. The number of hydrogen-bond acceptors (Lipinski definition) is 3. The molecule has 1 aromatic carbocycles. The molecule has 0 heterocycles. The van der Waals surface area contributed by atoms with Crippen molar-refractivity contribution in [2.45, 2.75) is 0 Å². The van der Waals surface area contributed by atoms with E-state index in [0.29, 0.717) is 17.0 Å². The van der Waals surface area contributed by atoms with E-state index >= 15 is 0 Å². The summed E-state index contributed by atoms with van der Waals surface area (Å²) in [5.74, 6) is 0.539. The van der Waals surface area contributed by atoms with Gasteiger partial charge in [0, 0.05) is 5.56 Å². The first-order valence-electron chi connectivity index (χ1n) is 3.28. The molecule has 0 fully saturated rings. The average Bonchev–Trinajstić information content (AvgIpc) is 2.04. The van der Waals surface area contributed by atoms with Gasteiger partial charge in [0.05, 0.1) is 12.8 Å². The molecule has 0 unspecified atom stereocenters. The molecular weight excluding hydrogens is 178 g/mol. The fourth-order valence-electron chi connectivity index (χ4n) is 0.857. The molecule has 0 amide bonds. The van der Waals surface area contributed by atoms with Crippen molar-refractivity contribution in [1.29, 1.82) is 0 Å². The summed E-state index contributed by atoms with van der Waals surface area (Å²) in [6.45, 7) is 0. The number of rotatable bonds is 2. The van der Waals surface area contributed by atoms with Crippen LogP contribution in [0.1, 0.15) is 10.4 Å². The van der Waals surface area contributed by atoms with Crippen LogP contribution in [-0.2, 0) is 0 Å². The zero-order valence-electron chi connectivity index (χ0n) is 6.50. The van der Waals surface area contributed by atoms with Crippen LogP contribution in [0, 0.1) is 0 Å².